The number of alkyl carbamates (subject to hydrolysis) is 1. The van der Waals surface area contributed by atoms with Crippen molar-refractivity contribution in [3.8, 4) is 0 Å². The van der Waals surface area contributed by atoms with Gasteiger partial charge in [-0.25, -0.2) is 4.79 Å². The zero-order chi connectivity index (χ0) is 31.9. The SMILES string of the molecule is C=CCOC(=O)NCc1ccc([C@H]2O[C@@H](CN3CCC4(CC3)C(=O)NCN4c3ccccc3)C[C@@H](c3ccc(CO)cc3)O2)cc1. The lowest BCUT2D eigenvalue weighted by Gasteiger charge is -2.45. The number of carbonyl (C=O) groups is 2. The number of likely N-dealkylation sites (tertiary alicyclic amines) is 1. The summed E-state index contributed by atoms with van der Waals surface area (Å²) in [4.78, 5) is 29.6. The number of amides is 2. The van der Waals surface area contributed by atoms with E-state index in [9.17, 15) is 14.7 Å². The van der Waals surface area contributed by atoms with E-state index in [1.54, 1.807) is 0 Å². The Bertz CT molecular complexity index is 1470. The Hall–Kier alpha value is -4.22. The number of ether oxygens (including phenoxy) is 3. The molecule has 2 amide bonds. The van der Waals surface area contributed by atoms with Gasteiger partial charge in [-0.05, 0) is 41.7 Å². The summed E-state index contributed by atoms with van der Waals surface area (Å²) in [6, 6.07) is 25.9. The molecule has 3 aliphatic heterocycles. The molecule has 10 heteroatoms. The third-order valence-corrected chi connectivity index (χ3v) is 9.19. The maximum absolute atomic E-state index is 13.2. The highest BCUT2D eigenvalue weighted by Crippen LogP contribution is 2.40. The Kier molecular flexibility index (Phi) is 9.99. The molecule has 3 heterocycles. The minimum atomic E-state index is -0.578. The smallest absolute Gasteiger partial charge is 0.407 e. The molecule has 0 radical (unpaired) electrons. The van der Waals surface area contributed by atoms with Gasteiger partial charge in [0.15, 0.2) is 6.29 Å². The molecule has 3 fully saturated rings. The first-order chi connectivity index (χ1) is 22.5. The van der Waals surface area contributed by atoms with Crippen LogP contribution < -0.4 is 15.5 Å². The molecule has 242 valence electrons. The predicted molar refractivity (Wildman–Crippen MR) is 174 cm³/mol. The van der Waals surface area contributed by atoms with Crippen molar-refractivity contribution in [3.63, 3.8) is 0 Å². The largest absolute Gasteiger partial charge is 0.445 e. The van der Waals surface area contributed by atoms with Gasteiger partial charge in [-0.1, -0.05) is 79.4 Å². The molecule has 0 bridgehead atoms. The summed E-state index contributed by atoms with van der Waals surface area (Å²) in [5, 5.41) is 15.4. The van der Waals surface area contributed by atoms with E-state index in [4.69, 9.17) is 14.2 Å². The van der Waals surface area contributed by atoms with Crippen LogP contribution >= 0.6 is 0 Å². The number of carbonyl (C=O) groups excluding carboxylic acids is 2. The van der Waals surface area contributed by atoms with E-state index >= 15 is 0 Å². The van der Waals surface area contributed by atoms with Gasteiger partial charge in [0.05, 0.1) is 25.5 Å². The summed E-state index contributed by atoms with van der Waals surface area (Å²) in [5.41, 5.74) is 4.23. The summed E-state index contributed by atoms with van der Waals surface area (Å²) in [6.45, 7) is 6.86. The number of rotatable bonds is 10. The molecule has 0 aromatic heterocycles. The summed E-state index contributed by atoms with van der Waals surface area (Å²) >= 11 is 0. The third kappa shape index (κ3) is 7.10. The highest BCUT2D eigenvalue weighted by molar-refractivity contribution is 5.93. The van der Waals surface area contributed by atoms with E-state index in [1.807, 2.05) is 66.7 Å². The summed E-state index contributed by atoms with van der Waals surface area (Å²) in [6.07, 6.45) is 2.32. The Balaban J connectivity index is 1.13. The molecular formula is C36H42N4O6. The van der Waals surface area contributed by atoms with Gasteiger partial charge in [0.2, 0.25) is 5.91 Å². The number of hydrogen-bond acceptors (Lipinski definition) is 8. The Morgan fingerprint density at radius 1 is 1.00 bits per heavy atom. The van der Waals surface area contributed by atoms with Crippen LogP contribution in [0, 0.1) is 0 Å². The van der Waals surface area contributed by atoms with Gasteiger partial charge in [-0.3, -0.25) is 4.79 Å². The number of nitrogens with zero attached hydrogens (tertiary/aromatic N) is 2. The summed E-state index contributed by atoms with van der Waals surface area (Å²) < 4.78 is 18.1. The molecule has 0 aliphatic carbocycles. The Morgan fingerprint density at radius 2 is 1.70 bits per heavy atom. The number of piperidine rings is 1. The Morgan fingerprint density at radius 3 is 2.39 bits per heavy atom. The van der Waals surface area contributed by atoms with Gasteiger partial charge in [-0.15, -0.1) is 0 Å². The van der Waals surface area contributed by atoms with Crippen LogP contribution in [0.15, 0.2) is 91.5 Å². The first-order valence-electron chi connectivity index (χ1n) is 15.9. The van der Waals surface area contributed by atoms with E-state index in [2.05, 4.69) is 39.1 Å². The van der Waals surface area contributed by atoms with Crippen LogP contribution in [0.25, 0.3) is 0 Å². The van der Waals surface area contributed by atoms with Crippen molar-refractivity contribution in [2.45, 2.75) is 56.5 Å². The van der Waals surface area contributed by atoms with Crippen molar-refractivity contribution < 1.29 is 28.9 Å². The van der Waals surface area contributed by atoms with E-state index in [0.717, 1.165) is 60.4 Å². The molecule has 3 aromatic rings. The Labute approximate surface area is 269 Å². The highest BCUT2D eigenvalue weighted by Gasteiger charge is 2.50. The molecule has 3 aromatic carbocycles. The highest BCUT2D eigenvalue weighted by atomic mass is 16.7. The van der Waals surface area contributed by atoms with E-state index in [0.29, 0.717) is 19.6 Å². The van der Waals surface area contributed by atoms with E-state index < -0.39 is 17.9 Å². The van der Waals surface area contributed by atoms with Gasteiger partial charge in [0, 0.05) is 43.9 Å². The lowest BCUT2D eigenvalue weighted by Crippen LogP contribution is -2.57. The minimum absolute atomic E-state index is 0.0104. The van der Waals surface area contributed by atoms with Crippen LogP contribution in [0.2, 0.25) is 0 Å². The molecular weight excluding hydrogens is 584 g/mol. The fraction of sp³-hybridized carbons (Fsp3) is 0.389. The van der Waals surface area contributed by atoms with Crippen LogP contribution in [-0.2, 0) is 32.2 Å². The van der Waals surface area contributed by atoms with Crippen molar-refractivity contribution in [1.82, 2.24) is 15.5 Å². The predicted octanol–water partition coefficient (Wildman–Crippen LogP) is 4.57. The van der Waals surface area contributed by atoms with Crippen LogP contribution in [0.5, 0.6) is 0 Å². The normalized spacial score (nSPS) is 22.8. The van der Waals surface area contributed by atoms with Crippen molar-refractivity contribution in [2.75, 3.05) is 37.8 Å². The minimum Gasteiger partial charge on any atom is -0.445 e. The quantitative estimate of drug-likeness (QED) is 0.281. The lowest BCUT2D eigenvalue weighted by atomic mass is 9.85. The number of anilines is 1. The van der Waals surface area contributed by atoms with Gasteiger partial charge in [0.1, 0.15) is 12.1 Å². The number of aliphatic hydroxyl groups is 1. The molecule has 0 unspecified atom stereocenters. The van der Waals surface area contributed by atoms with Crippen LogP contribution in [0.3, 0.4) is 0 Å². The fourth-order valence-corrected chi connectivity index (χ4v) is 6.61. The second-order valence-corrected chi connectivity index (χ2v) is 12.1. The number of benzene rings is 3. The van der Waals surface area contributed by atoms with Crippen molar-refractivity contribution in [2.24, 2.45) is 0 Å². The van der Waals surface area contributed by atoms with Crippen LogP contribution in [0.4, 0.5) is 10.5 Å². The fourth-order valence-electron chi connectivity index (χ4n) is 6.61. The summed E-state index contributed by atoms with van der Waals surface area (Å²) in [5.74, 6) is 0.108. The van der Waals surface area contributed by atoms with Crippen molar-refractivity contribution in [1.29, 1.82) is 0 Å². The van der Waals surface area contributed by atoms with Gasteiger partial charge >= 0.3 is 6.09 Å². The molecule has 3 saturated heterocycles. The zero-order valence-corrected chi connectivity index (χ0v) is 26.0. The average Bonchev–Trinajstić information content (AvgIpc) is 3.42. The molecule has 3 N–H and O–H groups in total. The standard InChI is InChI=1S/C36H42N4O6/c1-2-20-44-35(43)37-22-26-8-14-29(15-9-26)33-45-31(21-32(46-33)28-12-10-27(24-41)11-13-28)23-39-18-16-36(17-19-39)34(42)38-25-40(36)30-6-4-3-5-7-30/h2-15,31-33,41H,1,16-25H2,(H,37,43)(H,38,42)/t31-,32+,33+/m1/s1. The van der Waals surface area contributed by atoms with E-state index in [-0.39, 0.29) is 31.3 Å². The molecule has 0 saturated carbocycles. The second-order valence-electron chi connectivity index (χ2n) is 12.1. The molecule has 10 nitrogen and oxygen atoms in total. The molecule has 1 spiro atoms. The second kappa shape index (κ2) is 14.5. The number of hydrogen-bond donors (Lipinski definition) is 3. The maximum atomic E-state index is 13.2. The van der Waals surface area contributed by atoms with Gasteiger partial charge < -0.3 is 39.8 Å². The molecule has 3 atom stereocenters. The average molecular weight is 627 g/mol. The molecule has 46 heavy (non-hydrogen) atoms. The van der Waals surface area contributed by atoms with Gasteiger partial charge in [0.25, 0.3) is 0 Å². The monoisotopic (exact) mass is 626 g/mol. The topological polar surface area (TPSA) is 113 Å². The number of aliphatic hydroxyl groups excluding tert-OH is 1. The number of nitrogens with one attached hydrogen (secondary N) is 2. The molecule has 6 rings (SSSR count). The number of para-hydroxylation sites is 1. The maximum Gasteiger partial charge on any atom is 0.407 e. The van der Waals surface area contributed by atoms with Crippen molar-refractivity contribution in [3.05, 3.63) is 114 Å². The van der Waals surface area contributed by atoms with E-state index in [1.165, 1.54) is 6.08 Å². The third-order valence-electron chi connectivity index (χ3n) is 9.19. The summed E-state index contributed by atoms with van der Waals surface area (Å²) in [7, 11) is 0. The first kappa shape index (κ1) is 31.7. The zero-order valence-electron chi connectivity index (χ0n) is 26.0. The van der Waals surface area contributed by atoms with Gasteiger partial charge in [-0.2, -0.15) is 0 Å². The van der Waals surface area contributed by atoms with Crippen LogP contribution in [-0.4, -0.2) is 66.6 Å². The molecule has 3 aliphatic rings. The first-order valence-corrected chi connectivity index (χ1v) is 15.9. The van der Waals surface area contributed by atoms with Crippen molar-refractivity contribution >= 4 is 17.7 Å². The lowest BCUT2D eigenvalue weighted by molar-refractivity contribution is -0.253. The van der Waals surface area contributed by atoms with Crippen LogP contribution in [0.1, 0.15) is 53.9 Å².